The second kappa shape index (κ2) is 7.29. The summed E-state index contributed by atoms with van der Waals surface area (Å²) < 4.78 is 0. The van der Waals surface area contributed by atoms with E-state index in [2.05, 4.69) is 24.1 Å². The van der Waals surface area contributed by atoms with Crippen LogP contribution in [0.5, 0.6) is 0 Å². The molecule has 1 aromatic rings. The number of hydrogen-bond acceptors (Lipinski definition) is 3. The van der Waals surface area contributed by atoms with E-state index in [0.29, 0.717) is 12.1 Å². The highest BCUT2D eigenvalue weighted by Gasteiger charge is 2.19. The zero-order valence-electron chi connectivity index (χ0n) is 13.1. The molecule has 1 rings (SSSR count). The van der Waals surface area contributed by atoms with Crippen LogP contribution in [0.25, 0.3) is 0 Å². The van der Waals surface area contributed by atoms with Crippen molar-refractivity contribution in [3.05, 3.63) is 29.8 Å². The molecule has 0 saturated carbocycles. The van der Waals surface area contributed by atoms with Crippen LogP contribution in [0.15, 0.2) is 24.3 Å². The number of carbonyl (C=O) groups excluding carboxylic acids is 1. The number of nitrogens with zero attached hydrogens (tertiary/aromatic N) is 1. The molecule has 3 N–H and O–H groups in total. The molecule has 0 aliphatic carbocycles. The van der Waals surface area contributed by atoms with E-state index in [1.807, 2.05) is 38.1 Å². The fourth-order valence-corrected chi connectivity index (χ4v) is 1.99. The summed E-state index contributed by atoms with van der Waals surface area (Å²) >= 11 is 0. The Hall–Kier alpha value is -1.55. The summed E-state index contributed by atoms with van der Waals surface area (Å²) in [5.41, 5.74) is 7.07. The first-order valence-electron chi connectivity index (χ1n) is 7.31. The lowest BCUT2D eigenvalue weighted by Crippen LogP contribution is -2.48. The van der Waals surface area contributed by atoms with Crippen molar-refractivity contribution in [2.75, 3.05) is 24.5 Å². The molecule has 20 heavy (non-hydrogen) atoms. The van der Waals surface area contributed by atoms with Crippen molar-refractivity contribution in [1.29, 1.82) is 0 Å². The molecule has 0 atom stereocenters. The molecule has 112 valence electrons. The van der Waals surface area contributed by atoms with E-state index < -0.39 is 0 Å². The van der Waals surface area contributed by atoms with Crippen LogP contribution in [0, 0.1) is 0 Å². The Labute approximate surface area is 122 Å². The van der Waals surface area contributed by atoms with Gasteiger partial charge >= 0.3 is 0 Å². The van der Waals surface area contributed by atoms with Crippen molar-refractivity contribution >= 4 is 11.6 Å². The lowest BCUT2D eigenvalue weighted by molar-refractivity contribution is 0.0916. The highest BCUT2D eigenvalue weighted by atomic mass is 16.1. The van der Waals surface area contributed by atoms with E-state index in [1.165, 1.54) is 0 Å². The van der Waals surface area contributed by atoms with E-state index in [0.717, 1.165) is 25.2 Å². The van der Waals surface area contributed by atoms with Crippen molar-refractivity contribution in [2.45, 2.75) is 39.7 Å². The molecular weight excluding hydrogens is 250 g/mol. The first kappa shape index (κ1) is 16.5. The second-order valence-electron chi connectivity index (χ2n) is 5.67. The Balaban J connectivity index is 2.78. The number of benzene rings is 1. The van der Waals surface area contributed by atoms with Crippen molar-refractivity contribution < 1.29 is 4.79 Å². The molecule has 4 nitrogen and oxygen atoms in total. The minimum absolute atomic E-state index is 0.0782. The number of rotatable bonds is 7. The molecule has 0 saturated heterocycles. The number of hydrogen-bond donors (Lipinski definition) is 2. The van der Waals surface area contributed by atoms with Crippen molar-refractivity contribution in [3.63, 3.8) is 0 Å². The minimum Gasteiger partial charge on any atom is -0.372 e. The van der Waals surface area contributed by atoms with E-state index in [-0.39, 0.29) is 11.4 Å². The molecule has 0 fully saturated rings. The van der Waals surface area contributed by atoms with Gasteiger partial charge in [-0.2, -0.15) is 0 Å². The quantitative estimate of drug-likeness (QED) is 0.804. The standard InChI is InChI=1S/C16H27N3O/c1-5-11-19(6-2)14-9-7-13(8-10-14)15(20)18-16(3,4)12-17/h7-10H,5-6,11-12,17H2,1-4H3,(H,18,20). The predicted octanol–water partition coefficient (Wildman–Crippen LogP) is 2.39. The first-order chi connectivity index (χ1) is 9.43. The minimum atomic E-state index is -0.382. The number of nitrogens with one attached hydrogen (secondary N) is 1. The summed E-state index contributed by atoms with van der Waals surface area (Å²) in [5.74, 6) is -0.0782. The molecule has 0 aliphatic rings. The van der Waals surface area contributed by atoms with Gasteiger partial charge in [-0.15, -0.1) is 0 Å². The van der Waals surface area contributed by atoms with Crippen LogP contribution in [0.4, 0.5) is 5.69 Å². The summed E-state index contributed by atoms with van der Waals surface area (Å²) in [4.78, 5) is 14.4. The van der Waals surface area contributed by atoms with Gasteiger partial charge < -0.3 is 16.0 Å². The normalized spacial score (nSPS) is 11.2. The van der Waals surface area contributed by atoms with Crippen molar-refractivity contribution in [1.82, 2.24) is 5.32 Å². The average Bonchev–Trinajstić information content (AvgIpc) is 2.44. The van der Waals surface area contributed by atoms with Gasteiger partial charge in [0, 0.05) is 36.4 Å². The molecule has 0 aromatic heterocycles. The molecular formula is C16H27N3O. The van der Waals surface area contributed by atoms with Gasteiger partial charge in [-0.25, -0.2) is 0 Å². The van der Waals surface area contributed by atoms with Gasteiger partial charge in [-0.05, 0) is 51.5 Å². The monoisotopic (exact) mass is 277 g/mol. The fraction of sp³-hybridized carbons (Fsp3) is 0.562. The van der Waals surface area contributed by atoms with E-state index in [4.69, 9.17) is 5.73 Å². The number of anilines is 1. The van der Waals surface area contributed by atoms with Crippen LogP contribution in [0.2, 0.25) is 0 Å². The van der Waals surface area contributed by atoms with Gasteiger partial charge in [-0.1, -0.05) is 6.92 Å². The Bertz CT molecular complexity index is 426. The molecule has 4 heteroatoms. The molecule has 1 amide bonds. The maximum absolute atomic E-state index is 12.1. The van der Waals surface area contributed by atoms with Gasteiger partial charge in [0.05, 0.1) is 0 Å². The smallest absolute Gasteiger partial charge is 0.251 e. The van der Waals surface area contributed by atoms with Crippen LogP contribution in [-0.4, -0.2) is 31.1 Å². The fourth-order valence-electron chi connectivity index (χ4n) is 1.99. The maximum atomic E-state index is 12.1. The Kier molecular flexibility index (Phi) is 6.02. The molecule has 0 bridgehead atoms. The highest BCUT2D eigenvalue weighted by Crippen LogP contribution is 2.16. The van der Waals surface area contributed by atoms with Crippen LogP contribution >= 0.6 is 0 Å². The number of amides is 1. The number of nitrogens with two attached hydrogens (primary N) is 1. The largest absolute Gasteiger partial charge is 0.372 e. The molecule has 0 aliphatic heterocycles. The van der Waals surface area contributed by atoms with E-state index in [1.54, 1.807) is 0 Å². The van der Waals surface area contributed by atoms with E-state index >= 15 is 0 Å². The van der Waals surface area contributed by atoms with Gasteiger partial charge in [0.1, 0.15) is 0 Å². The van der Waals surface area contributed by atoms with Crippen LogP contribution in [-0.2, 0) is 0 Å². The summed E-state index contributed by atoms with van der Waals surface area (Å²) in [6, 6.07) is 7.75. The summed E-state index contributed by atoms with van der Waals surface area (Å²) in [7, 11) is 0. The first-order valence-corrected chi connectivity index (χ1v) is 7.31. The van der Waals surface area contributed by atoms with E-state index in [9.17, 15) is 4.79 Å². The zero-order valence-corrected chi connectivity index (χ0v) is 13.1. The Morgan fingerprint density at radius 2 is 1.85 bits per heavy atom. The second-order valence-corrected chi connectivity index (χ2v) is 5.67. The molecule has 1 aromatic carbocycles. The lowest BCUT2D eigenvalue weighted by Gasteiger charge is -2.25. The number of carbonyl (C=O) groups is 1. The van der Waals surface area contributed by atoms with Gasteiger partial charge in [-0.3, -0.25) is 4.79 Å². The van der Waals surface area contributed by atoms with Gasteiger partial charge in [0.15, 0.2) is 0 Å². The zero-order chi connectivity index (χ0) is 15.2. The topological polar surface area (TPSA) is 58.4 Å². The SMILES string of the molecule is CCCN(CC)c1ccc(C(=O)NC(C)(C)CN)cc1. The molecule has 0 spiro atoms. The summed E-state index contributed by atoms with van der Waals surface area (Å²) in [6.07, 6.45) is 1.11. The Morgan fingerprint density at radius 1 is 1.25 bits per heavy atom. The van der Waals surface area contributed by atoms with Crippen LogP contribution < -0.4 is 16.0 Å². The Morgan fingerprint density at radius 3 is 2.30 bits per heavy atom. The van der Waals surface area contributed by atoms with Crippen molar-refractivity contribution in [3.8, 4) is 0 Å². The third-order valence-corrected chi connectivity index (χ3v) is 3.33. The predicted molar refractivity (Wildman–Crippen MR) is 85.2 cm³/mol. The lowest BCUT2D eigenvalue weighted by atomic mass is 10.1. The van der Waals surface area contributed by atoms with Gasteiger partial charge in [0.25, 0.3) is 5.91 Å². The molecule has 0 unspecified atom stereocenters. The van der Waals surface area contributed by atoms with Gasteiger partial charge in [0.2, 0.25) is 0 Å². The third-order valence-electron chi connectivity index (χ3n) is 3.33. The van der Waals surface area contributed by atoms with Crippen LogP contribution in [0.1, 0.15) is 44.5 Å². The summed E-state index contributed by atoms with van der Waals surface area (Å²) in [5, 5.41) is 2.93. The summed E-state index contributed by atoms with van der Waals surface area (Å²) in [6.45, 7) is 10.6. The van der Waals surface area contributed by atoms with Crippen LogP contribution in [0.3, 0.4) is 0 Å². The average molecular weight is 277 g/mol. The molecule has 0 heterocycles. The third kappa shape index (κ3) is 4.53. The highest BCUT2D eigenvalue weighted by molar-refractivity contribution is 5.95. The molecule has 0 radical (unpaired) electrons. The van der Waals surface area contributed by atoms with Crippen molar-refractivity contribution in [2.24, 2.45) is 5.73 Å². The maximum Gasteiger partial charge on any atom is 0.251 e.